The Bertz CT molecular complexity index is 1100. The number of anilines is 1. The number of piperidine rings is 1. The SMILES string of the molecule is Cl.Fc1ccc(-c2nc3sccn3c2-c2ccnc(NC3CCCNC3)n2)cc1. The van der Waals surface area contributed by atoms with Crippen molar-refractivity contribution in [1.82, 2.24) is 24.7 Å². The molecule has 0 spiro atoms. The summed E-state index contributed by atoms with van der Waals surface area (Å²) in [7, 11) is 0. The molecule has 5 rings (SSSR count). The molecule has 3 aromatic heterocycles. The van der Waals surface area contributed by atoms with E-state index in [9.17, 15) is 4.39 Å². The molecule has 0 bridgehead atoms. The number of fused-ring (bicyclic) bond motifs is 1. The lowest BCUT2D eigenvalue weighted by Gasteiger charge is -2.23. The number of halogens is 2. The maximum atomic E-state index is 13.4. The van der Waals surface area contributed by atoms with E-state index in [1.54, 1.807) is 29.7 Å². The average molecular weight is 431 g/mol. The summed E-state index contributed by atoms with van der Waals surface area (Å²) in [4.78, 5) is 14.8. The van der Waals surface area contributed by atoms with Crippen molar-refractivity contribution < 1.29 is 4.39 Å². The van der Waals surface area contributed by atoms with E-state index in [-0.39, 0.29) is 18.2 Å². The number of hydrogen-bond acceptors (Lipinski definition) is 6. The molecule has 1 aromatic carbocycles. The van der Waals surface area contributed by atoms with Crippen molar-refractivity contribution in [1.29, 1.82) is 0 Å². The minimum absolute atomic E-state index is 0. The van der Waals surface area contributed by atoms with E-state index in [4.69, 9.17) is 9.97 Å². The van der Waals surface area contributed by atoms with Gasteiger partial charge in [0.1, 0.15) is 11.5 Å². The number of aromatic nitrogens is 4. The van der Waals surface area contributed by atoms with Gasteiger partial charge in [-0.25, -0.2) is 19.3 Å². The van der Waals surface area contributed by atoms with Crippen molar-refractivity contribution in [3.63, 3.8) is 0 Å². The van der Waals surface area contributed by atoms with Gasteiger partial charge in [0, 0.05) is 35.9 Å². The second-order valence-corrected chi connectivity index (χ2v) is 7.70. The van der Waals surface area contributed by atoms with E-state index in [2.05, 4.69) is 15.6 Å². The fourth-order valence-electron chi connectivity index (χ4n) is 3.56. The van der Waals surface area contributed by atoms with Crippen LogP contribution in [0.15, 0.2) is 48.1 Å². The standard InChI is InChI=1S/C20H19FN6S.ClH/c21-14-5-3-13(4-6-14)17-18(27-10-11-28-20(27)26-17)16-7-9-23-19(25-16)24-15-2-1-8-22-12-15;/h3-7,9-11,15,22H,1-2,8,12H2,(H,23,24,25);1H. The lowest BCUT2D eigenvalue weighted by atomic mass is 10.1. The summed E-state index contributed by atoms with van der Waals surface area (Å²) >= 11 is 1.56. The Labute approximate surface area is 177 Å². The first kappa shape index (κ1) is 19.8. The summed E-state index contributed by atoms with van der Waals surface area (Å²) in [5.41, 5.74) is 3.31. The minimum atomic E-state index is -0.263. The number of hydrogen-bond donors (Lipinski definition) is 2. The molecule has 0 amide bonds. The van der Waals surface area contributed by atoms with Crippen molar-refractivity contribution in [2.24, 2.45) is 0 Å². The molecule has 2 N–H and O–H groups in total. The van der Waals surface area contributed by atoms with Gasteiger partial charge in [-0.1, -0.05) is 0 Å². The Morgan fingerprint density at radius 3 is 2.83 bits per heavy atom. The summed E-state index contributed by atoms with van der Waals surface area (Å²) in [5.74, 6) is 0.349. The van der Waals surface area contributed by atoms with E-state index in [1.807, 2.05) is 22.0 Å². The molecule has 9 heteroatoms. The van der Waals surface area contributed by atoms with E-state index < -0.39 is 0 Å². The Morgan fingerprint density at radius 2 is 2.03 bits per heavy atom. The molecular formula is C20H20ClFN6S. The summed E-state index contributed by atoms with van der Waals surface area (Å²) in [6.45, 7) is 1.97. The molecular weight excluding hydrogens is 411 g/mol. The Kier molecular flexibility index (Phi) is 5.75. The third-order valence-electron chi connectivity index (χ3n) is 4.91. The zero-order valence-corrected chi connectivity index (χ0v) is 17.1. The average Bonchev–Trinajstić information content (AvgIpc) is 3.31. The van der Waals surface area contributed by atoms with Crippen molar-refractivity contribution >= 4 is 34.7 Å². The Balaban J connectivity index is 0.00000205. The van der Waals surface area contributed by atoms with Gasteiger partial charge in [0.2, 0.25) is 5.95 Å². The maximum absolute atomic E-state index is 13.4. The second-order valence-electron chi connectivity index (χ2n) is 6.82. The normalized spacial score (nSPS) is 16.5. The second kappa shape index (κ2) is 8.44. The van der Waals surface area contributed by atoms with Crippen molar-refractivity contribution in [2.75, 3.05) is 18.4 Å². The number of rotatable bonds is 4. The van der Waals surface area contributed by atoms with Crippen LogP contribution >= 0.6 is 23.7 Å². The highest BCUT2D eigenvalue weighted by Crippen LogP contribution is 2.33. The highest BCUT2D eigenvalue weighted by Gasteiger charge is 2.19. The van der Waals surface area contributed by atoms with Crippen LogP contribution in [0, 0.1) is 5.82 Å². The predicted molar refractivity (Wildman–Crippen MR) is 116 cm³/mol. The van der Waals surface area contributed by atoms with Gasteiger partial charge in [-0.2, -0.15) is 0 Å². The van der Waals surface area contributed by atoms with Gasteiger partial charge in [-0.05, 0) is 49.7 Å². The van der Waals surface area contributed by atoms with Crippen LogP contribution in [-0.2, 0) is 0 Å². The third-order valence-corrected chi connectivity index (χ3v) is 5.66. The van der Waals surface area contributed by atoms with Crippen LogP contribution in [0.25, 0.3) is 27.6 Å². The molecule has 4 aromatic rings. The number of benzene rings is 1. The van der Waals surface area contributed by atoms with Crippen LogP contribution in [-0.4, -0.2) is 38.5 Å². The lowest BCUT2D eigenvalue weighted by molar-refractivity contribution is 0.478. The Hall–Kier alpha value is -2.55. The first-order valence-electron chi connectivity index (χ1n) is 9.30. The van der Waals surface area contributed by atoms with Gasteiger partial charge in [-0.3, -0.25) is 4.40 Å². The highest BCUT2D eigenvalue weighted by atomic mass is 35.5. The van der Waals surface area contributed by atoms with Gasteiger partial charge < -0.3 is 10.6 Å². The van der Waals surface area contributed by atoms with E-state index in [1.165, 1.54) is 12.1 Å². The zero-order chi connectivity index (χ0) is 18.9. The fourth-order valence-corrected chi connectivity index (χ4v) is 4.27. The maximum Gasteiger partial charge on any atom is 0.223 e. The molecule has 6 nitrogen and oxygen atoms in total. The topological polar surface area (TPSA) is 67.1 Å². The van der Waals surface area contributed by atoms with Crippen LogP contribution in [0.3, 0.4) is 0 Å². The molecule has 29 heavy (non-hydrogen) atoms. The predicted octanol–water partition coefficient (Wildman–Crippen LogP) is 4.24. The molecule has 150 valence electrons. The molecule has 1 saturated heterocycles. The molecule has 4 heterocycles. The van der Waals surface area contributed by atoms with Crippen LogP contribution in [0.1, 0.15) is 12.8 Å². The molecule has 1 aliphatic heterocycles. The smallest absolute Gasteiger partial charge is 0.223 e. The van der Waals surface area contributed by atoms with Crippen molar-refractivity contribution in [3.05, 3.63) is 53.9 Å². The summed E-state index contributed by atoms with van der Waals surface area (Å²) in [6.07, 6.45) is 5.99. The van der Waals surface area contributed by atoms with Gasteiger partial charge >= 0.3 is 0 Å². The van der Waals surface area contributed by atoms with Crippen LogP contribution in [0.4, 0.5) is 10.3 Å². The van der Waals surface area contributed by atoms with Crippen LogP contribution < -0.4 is 10.6 Å². The van der Waals surface area contributed by atoms with Crippen LogP contribution in [0.2, 0.25) is 0 Å². The van der Waals surface area contributed by atoms with Gasteiger partial charge in [0.15, 0.2) is 4.96 Å². The fraction of sp³-hybridized carbons (Fsp3) is 0.250. The molecule has 0 saturated carbocycles. The molecule has 1 aliphatic rings. The number of nitrogens with one attached hydrogen (secondary N) is 2. The summed E-state index contributed by atoms with van der Waals surface area (Å²) in [6, 6.07) is 8.62. The number of nitrogens with zero attached hydrogens (tertiary/aromatic N) is 4. The zero-order valence-electron chi connectivity index (χ0n) is 15.5. The first-order chi connectivity index (χ1) is 13.8. The highest BCUT2D eigenvalue weighted by molar-refractivity contribution is 7.15. The largest absolute Gasteiger partial charge is 0.350 e. The van der Waals surface area contributed by atoms with E-state index in [0.717, 1.165) is 53.5 Å². The van der Waals surface area contributed by atoms with Gasteiger partial charge in [-0.15, -0.1) is 23.7 Å². The third kappa shape index (κ3) is 3.96. The molecule has 0 radical (unpaired) electrons. The minimum Gasteiger partial charge on any atom is -0.350 e. The summed E-state index contributed by atoms with van der Waals surface area (Å²) < 4.78 is 15.4. The monoisotopic (exact) mass is 430 g/mol. The van der Waals surface area contributed by atoms with E-state index in [0.29, 0.717) is 12.0 Å². The summed E-state index contributed by atoms with van der Waals surface area (Å²) in [5, 5.41) is 8.82. The molecule has 1 fully saturated rings. The molecule has 1 atom stereocenters. The number of thiazole rings is 1. The van der Waals surface area contributed by atoms with Gasteiger partial charge in [0.25, 0.3) is 0 Å². The van der Waals surface area contributed by atoms with Gasteiger partial charge in [0.05, 0.1) is 11.4 Å². The number of imidazole rings is 1. The van der Waals surface area contributed by atoms with Crippen molar-refractivity contribution in [2.45, 2.75) is 18.9 Å². The van der Waals surface area contributed by atoms with Crippen molar-refractivity contribution in [3.8, 4) is 22.6 Å². The lowest BCUT2D eigenvalue weighted by Crippen LogP contribution is -2.38. The Morgan fingerprint density at radius 1 is 1.17 bits per heavy atom. The molecule has 1 unspecified atom stereocenters. The molecule has 0 aliphatic carbocycles. The van der Waals surface area contributed by atoms with Crippen LogP contribution in [0.5, 0.6) is 0 Å². The quantitative estimate of drug-likeness (QED) is 0.506. The first-order valence-corrected chi connectivity index (χ1v) is 10.2. The van der Waals surface area contributed by atoms with E-state index >= 15 is 0 Å².